The third-order valence-corrected chi connectivity index (χ3v) is 8.19. The summed E-state index contributed by atoms with van der Waals surface area (Å²) >= 11 is 0. The second-order valence-electron chi connectivity index (χ2n) is 8.68. The maximum absolute atomic E-state index is 13.0. The number of alkyl halides is 3. The standard InChI is InChI=1S/C27H28F3N3O4S/c1-2-33(38(35,36)25-9-4-3-5-10-25)22-11-13-24(14-12-22)37-20-26(34)32-17-15-31(16-18-32)23-8-6-7-21(19-23)27(28,29)30/h3-14,19H,2,15-18,20H2,1H3. The molecular weight excluding hydrogens is 519 g/mol. The molecular formula is C27H28F3N3O4S. The second-order valence-corrected chi connectivity index (χ2v) is 10.5. The van der Waals surface area contributed by atoms with Crippen LogP contribution in [0.25, 0.3) is 0 Å². The molecule has 1 heterocycles. The van der Waals surface area contributed by atoms with Gasteiger partial charge >= 0.3 is 6.18 Å². The molecule has 0 bridgehead atoms. The lowest BCUT2D eigenvalue weighted by Crippen LogP contribution is -2.50. The number of amides is 1. The molecule has 0 atom stereocenters. The van der Waals surface area contributed by atoms with Crippen LogP contribution in [-0.4, -0.2) is 58.6 Å². The number of sulfonamides is 1. The summed E-state index contributed by atoms with van der Waals surface area (Å²) in [6.45, 7) is 3.32. The van der Waals surface area contributed by atoms with Crippen molar-refractivity contribution in [1.29, 1.82) is 0 Å². The number of piperazine rings is 1. The van der Waals surface area contributed by atoms with E-state index in [-0.39, 0.29) is 24.0 Å². The normalized spacial score (nSPS) is 14.3. The average Bonchev–Trinajstić information content (AvgIpc) is 2.93. The highest BCUT2D eigenvalue weighted by Gasteiger charge is 2.31. The van der Waals surface area contributed by atoms with Gasteiger partial charge in [0.05, 0.1) is 16.1 Å². The molecule has 1 aliphatic rings. The Balaban J connectivity index is 1.31. The van der Waals surface area contributed by atoms with E-state index in [9.17, 15) is 26.4 Å². The molecule has 0 unspecified atom stereocenters. The zero-order valence-electron chi connectivity index (χ0n) is 20.8. The van der Waals surface area contributed by atoms with E-state index in [4.69, 9.17) is 4.74 Å². The lowest BCUT2D eigenvalue weighted by Gasteiger charge is -2.36. The molecule has 0 saturated carbocycles. The molecule has 4 rings (SSSR count). The number of nitrogens with zero attached hydrogens (tertiary/aromatic N) is 3. The molecule has 1 fully saturated rings. The molecule has 0 spiro atoms. The molecule has 3 aromatic carbocycles. The van der Waals surface area contributed by atoms with E-state index in [1.807, 2.05) is 4.90 Å². The lowest BCUT2D eigenvalue weighted by atomic mass is 10.1. The van der Waals surface area contributed by atoms with Crippen molar-refractivity contribution in [2.75, 3.05) is 48.5 Å². The molecule has 1 aliphatic heterocycles. The van der Waals surface area contributed by atoms with E-state index in [0.29, 0.717) is 43.3 Å². The van der Waals surface area contributed by atoms with Gasteiger partial charge in [0.1, 0.15) is 5.75 Å². The topological polar surface area (TPSA) is 70.2 Å². The number of benzene rings is 3. The highest BCUT2D eigenvalue weighted by molar-refractivity contribution is 7.92. The van der Waals surface area contributed by atoms with Crippen LogP contribution in [0.15, 0.2) is 83.8 Å². The fraction of sp³-hybridized carbons (Fsp3) is 0.296. The van der Waals surface area contributed by atoms with Crippen LogP contribution in [0.5, 0.6) is 5.75 Å². The zero-order valence-corrected chi connectivity index (χ0v) is 21.6. The predicted octanol–water partition coefficient (Wildman–Crippen LogP) is 4.65. The molecule has 38 heavy (non-hydrogen) atoms. The summed E-state index contributed by atoms with van der Waals surface area (Å²) in [7, 11) is -3.72. The Morgan fingerprint density at radius 1 is 0.921 bits per heavy atom. The lowest BCUT2D eigenvalue weighted by molar-refractivity contribution is -0.137. The van der Waals surface area contributed by atoms with Gasteiger partial charge in [-0.3, -0.25) is 9.10 Å². The Bertz CT molecular complexity index is 1340. The number of carbonyl (C=O) groups is 1. The van der Waals surface area contributed by atoms with Gasteiger partial charge in [0, 0.05) is 38.4 Å². The van der Waals surface area contributed by atoms with Crippen molar-refractivity contribution >= 4 is 27.3 Å². The molecule has 0 aromatic heterocycles. The van der Waals surface area contributed by atoms with Gasteiger partial charge in [0.25, 0.3) is 15.9 Å². The summed E-state index contributed by atoms with van der Waals surface area (Å²) in [5.74, 6) is 0.178. The number of ether oxygens (including phenoxy) is 1. The first-order valence-corrected chi connectivity index (χ1v) is 13.5. The highest BCUT2D eigenvalue weighted by Crippen LogP contribution is 2.32. The Kier molecular flexibility index (Phi) is 8.15. The Morgan fingerprint density at radius 2 is 1.58 bits per heavy atom. The zero-order chi connectivity index (χ0) is 27.3. The van der Waals surface area contributed by atoms with E-state index in [1.165, 1.54) is 10.4 Å². The van der Waals surface area contributed by atoms with Gasteiger partial charge in [0.2, 0.25) is 0 Å². The fourth-order valence-electron chi connectivity index (χ4n) is 4.25. The van der Waals surface area contributed by atoms with Crippen molar-refractivity contribution in [1.82, 2.24) is 4.90 Å². The number of anilines is 2. The third-order valence-electron chi connectivity index (χ3n) is 6.28. The van der Waals surface area contributed by atoms with Crippen LogP contribution in [0.4, 0.5) is 24.5 Å². The molecule has 1 amide bonds. The Labute approximate surface area is 220 Å². The maximum Gasteiger partial charge on any atom is 0.416 e. The minimum atomic E-state index is -4.41. The predicted molar refractivity (Wildman–Crippen MR) is 139 cm³/mol. The van der Waals surface area contributed by atoms with Gasteiger partial charge in [-0.2, -0.15) is 13.2 Å². The minimum Gasteiger partial charge on any atom is -0.484 e. The van der Waals surface area contributed by atoms with Gasteiger partial charge in [-0.1, -0.05) is 24.3 Å². The first-order valence-electron chi connectivity index (χ1n) is 12.1. The van der Waals surface area contributed by atoms with Gasteiger partial charge < -0.3 is 14.5 Å². The number of rotatable bonds is 8. The SMILES string of the molecule is CCN(c1ccc(OCC(=O)N2CCN(c3cccc(C(F)(F)F)c3)CC2)cc1)S(=O)(=O)c1ccccc1. The minimum absolute atomic E-state index is 0.195. The van der Waals surface area contributed by atoms with Gasteiger partial charge in [-0.15, -0.1) is 0 Å². The molecule has 1 saturated heterocycles. The summed E-state index contributed by atoms with van der Waals surface area (Å²) in [6.07, 6.45) is -4.41. The van der Waals surface area contributed by atoms with Crippen molar-refractivity contribution < 1.29 is 31.1 Å². The molecule has 7 nitrogen and oxygen atoms in total. The van der Waals surface area contributed by atoms with Crippen LogP contribution in [0.1, 0.15) is 12.5 Å². The van der Waals surface area contributed by atoms with Crippen molar-refractivity contribution in [2.45, 2.75) is 18.0 Å². The van der Waals surface area contributed by atoms with E-state index < -0.39 is 21.8 Å². The molecule has 3 aromatic rings. The molecule has 11 heteroatoms. The van der Waals surface area contributed by atoms with Crippen molar-refractivity contribution in [3.8, 4) is 5.75 Å². The molecule has 202 valence electrons. The van der Waals surface area contributed by atoms with Crippen LogP contribution < -0.4 is 13.9 Å². The second kappa shape index (κ2) is 11.3. The Hall–Kier alpha value is -3.73. The maximum atomic E-state index is 13.0. The van der Waals surface area contributed by atoms with Crippen LogP contribution in [0, 0.1) is 0 Å². The molecule has 0 N–H and O–H groups in total. The number of halogens is 3. The van der Waals surface area contributed by atoms with Crippen molar-refractivity contribution in [2.24, 2.45) is 0 Å². The van der Waals surface area contributed by atoms with Crippen LogP contribution in [0.3, 0.4) is 0 Å². The van der Waals surface area contributed by atoms with Crippen LogP contribution in [0.2, 0.25) is 0 Å². The van der Waals surface area contributed by atoms with E-state index in [0.717, 1.165) is 12.1 Å². The van der Waals surface area contributed by atoms with Crippen molar-refractivity contribution in [3.63, 3.8) is 0 Å². The molecule has 0 radical (unpaired) electrons. The largest absolute Gasteiger partial charge is 0.484 e. The van der Waals surface area contributed by atoms with Gasteiger partial charge in [0.15, 0.2) is 6.61 Å². The summed E-state index contributed by atoms with van der Waals surface area (Å²) in [4.78, 5) is 16.3. The number of carbonyl (C=O) groups excluding carboxylic acids is 1. The summed E-state index contributed by atoms with van der Waals surface area (Å²) in [5, 5.41) is 0. The summed E-state index contributed by atoms with van der Waals surface area (Å²) in [5.41, 5.74) is 0.243. The first kappa shape index (κ1) is 27.3. The van der Waals surface area contributed by atoms with E-state index in [2.05, 4.69) is 0 Å². The first-order chi connectivity index (χ1) is 18.1. The van der Waals surface area contributed by atoms with Gasteiger partial charge in [-0.25, -0.2) is 8.42 Å². The van der Waals surface area contributed by atoms with Crippen LogP contribution in [-0.2, 0) is 21.0 Å². The third kappa shape index (κ3) is 6.21. The van der Waals surface area contributed by atoms with E-state index >= 15 is 0 Å². The molecule has 0 aliphatic carbocycles. The quantitative estimate of drug-likeness (QED) is 0.411. The monoisotopic (exact) mass is 547 g/mol. The number of hydrogen-bond acceptors (Lipinski definition) is 5. The average molecular weight is 548 g/mol. The smallest absolute Gasteiger partial charge is 0.416 e. The van der Waals surface area contributed by atoms with Crippen molar-refractivity contribution in [3.05, 3.63) is 84.4 Å². The summed E-state index contributed by atoms with van der Waals surface area (Å²) in [6, 6.07) is 19.8. The summed E-state index contributed by atoms with van der Waals surface area (Å²) < 4.78 is 72.0. The number of hydrogen-bond donors (Lipinski definition) is 0. The highest BCUT2D eigenvalue weighted by atomic mass is 32.2. The fourth-order valence-corrected chi connectivity index (χ4v) is 5.74. The van der Waals surface area contributed by atoms with Crippen LogP contribution >= 0.6 is 0 Å². The van der Waals surface area contributed by atoms with Gasteiger partial charge in [-0.05, 0) is 61.5 Å². The van der Waals surface area contributed by atoms with E-state index in [1.54, 1.807) is 72.5 Å². The Morgan fingerprint density at radius 3 is 2.18 bits per heavy atom.